The van der Waals surface area contributed by atoms with E-state index < -0.39 is 0 Å². The minimum Gasteiger partial charge on any atom is -0.454 e. The van der Waals surface area contributed by atoms with Gasteiger partial charge < -0.3 is 19.2 Å². The van der Waals surface area contributed by atoms with Crippen molar-refractivity contribution >= 4 is 22.7 Å². The summed E-state index contributed by atoms with van der Waals surface area (Å²) >= 11 is 0. The van der Waals surface area contributed by atoms with Crippen molar-refractivity contribution in [1.82, 2.24) is 4.98 Å². The molecule has 0 saturated carbocycles. The van der Waals surface area contributed by atoms with E-state index in [4.69, 9.17) is 13.9 Å². The van der Waals surface area contributed by atoms with Crippen LogP contribution in [-0.2, 0) is 0 Å². The molecular weight excluding hydrogens is 392 g/mol. The number of nitrogens with one attached hydrogen (secondary N) is 1. The van der Waals surface area contributed by atoms with Crippen molar-refractivity contribution in [1.29, 1.82) is 0 Å². The van der Waals surface area contributed by atoms with E-state index in [0.29, 0.717) is 34.6 Å². The van der Waals surface area contributed by atoms with Crippen LogP contribution in [0.4, 0.5) is 5.69 Å². The lowest BCUT2D eigenvalue weighted by atomic mass is 9.98. The molecule has 6 heteroatoms. The number of aromatic nitrogens is 1. The molecule has 31 heavy (non-hydrogen) atoms. The predicted molar refractivity (Wildman–Crippen MR) is 119 cm³/mol. The predicted octanol–water partition coefficient (Wildman–Crippen LogP) is 5.99. The fourth-order valence-corrected chi connectivity index (χ4v) is 3.58. The number of amides is 1. The third-order valence-corrected chi connectivity index (χ3v) is 5.60. The van der Waals surface area contributed by atoms with Crippen molar-refractivity contribution in [3.63, 3.8) is 0 Å². The van der Waals surface area contributed by atoms with Gasteiger partial charge in [0.2, 0.25) is 12.7 Å². The molecule has 0 fully saturated rings. The minimum atomic E-state index is -0.230. The number of carbonyl (C=O) groups excluding carboxylic acids is 1. The Hall–Kier alpha value is -3.80. The van der Waals surface area contributed by atoms with Gasteiger partial charge in [-0.15, -0.1) is 0 Å². The summed E-state index contributed by atoms with van der Waals surface area (Å²) in [4.78, 5) is 17.4. The number of nitrogens with zero attached hydrogens (tertiary/aromatic N) is 1. The Kier molecular flexibility index (Phi) is 4.82. The topological polar surface area (TPSA) is 73.6 Å². The highest BCUT2D eigenvalue weighted by atomic mass is 16.7. The minimum absolute atomic E-state index is 0.172. The number of fused-ring (bicyclic) bond motifs is 2. The van der Waals surface area contributed by atoms with Crippen LogP contribution in [-0.4, -0.2) is 17.7 Å². The molecule has 1 N–H and O–H groups in total. The zero-order valence-corrected chi connectivity index (χ0v) is 17.3. The third-order valence-electron chi connectivity index (χ3n) is 5.60. The van der Waals surface area contributed by atoms with Gasteiger partial charge >= 0.3 is 0 Å². The second-order valence-electron chi connectivity index (χ2n) is 7.66. The molecule has 0 aliphatic carbocycles. The zero-order valence-electron chi connectivity index (χ0n) is 17.3. The van der Waals surface area contributed by atoms with Crippen LogP contribution in [0.1, 0.15) is 42.1 Å². The van der Waals surface area contributed by atoms with Gasteiger partial charge in [-0.1, -0.05) is 26.0 Å². The lowest BCUT2D eigenvalue weighted by Gasteiger charge is -2.07. The largest absolute Gasteiger partial charge is 0.454 e. The van der Waals surface area contributed by atoms with Crippen LogP contribution in [0.2, 0.25) is 0 Å². The molecule has 156 valence electrons. The summed E-state index contributed by atoms with van der Waals surface area (Å²) in [6, 6.07) is 18.7. The van der Waals surface area contributed by atoms with Crippen LogP contribution in [0.25, 0.3) is 22.6 Å². The standard InChI is InChI=1S/C25H22N2O4/c1-3-15(2)16-7-9-21-20(12-16)27-25(31-21)18-5-4-6-19(11-18)26-24(28)17-8-10-22-23(13-17)30-14-29-22/h4-13,15H,3,14H2,1-2H3,(H,26,28)/t15-/m0/s1. The van der Waals surface area contributed by atoms with E-state index in [-0.39, 0.29) is 12.7 Å². The number of ether oxygens (including phenoxy) is 2. The molecule has 2 heterocycles. The molecule has 1 aliphatic heterocycles. The summed E-state index contributed by atoms with van der Waals surface area (Å²) in [7, 11) is 0. The van der Waals surface area contributed by atoms with Crippen molar-refractivity contribution in [2.24, 2.45) is 0 Å². The maximum Gasteiger partial charge on any atom is 0.255 e. The molecule has 0 spiro atoms. The maximum absolute atomic E-state index is 12.7. The Labute approximate surface area is 179 Å². The van der Waals surface area contributed by atoms with Crippen LogP contribution < -0.4 is 14.8 Å². The number of hydrogen-bond acceptors (Lipinski definition) is 5. The van der Waals surface area contributed by atoms with E-state index in [2.05, 4.69) is 36.3 Å². The fraction of sp³-hybridized carbons (Fsp3) is 0.200. The average Bonchev–Trinajstić information content (AvgIpc) is 3.44. The van der Waals surface area contributed by atoms with Crippen LogP contribution in [0.3, 0.4) is 0 Å². The lowest BCUT2D eigenvalue weighted by molar-refractivity contribution is 0.102. The van der Waals surface area contributed by atoms with Gasteiger partial charge in [-0.2, -0.15) is 0 Å². The number of hydrogen-bond donors (Lipinski definition) is 1. The second kappa shape index (κ2) is 7.80. The first-order valence-corrected chi connectivity index (χ1v) is 10.3. The number of rotatable bonds is 5. The average molecular weight is 414 g/mol. The molecule has 1 aromatic heterocycles. The molecule has 0 bridgehead atoms. The van der Waals surface area contributed by atoms with E-state index in [1.165, 1.54) is 5.56 Å². The molecule has 1 amide bonds. The molecule has 3 aromatic carbocycles. The smallest absolute Gasteiger partial charge is 0.255 e. The molecule has 6 nitrogen and oxygen atoms in total. The highest BCUT2D eigenvalue weighted by molar-refractivity contribution is 6.05. The normalized spacial score (nSPS) is 13.4. The number of anilines is 1. The van der Waals surface area contributed by atoms with Crippen LogP contribution in [0, 0.1) is 0 Å². The van der Waals surface area contributed by atoms with E-state index in [9.17, 15) is 4.79 Å². The van der Waals surface area contributed by atoms with Crippen molar-refractivity contribution in [3.8, 4) is 23.0 Å². The Morgan fingerprint density at radius 3 is 2.81 bits per heavy atom. The quantitative estimate of drug-likeness (QED) is 0.434. The van der Waals surface area contributed by atoms with Gasteiger partial charge in [0.05, 0.1) is 0 Å². The SMILES string of the molecule is CC[C@H](C)c1ccc2oc(-c3cccc(NC(=O)c4ccc5c(c4)OCO5)c3)nc2c1. The summed E-state index contributed by atoms with van der Waals surface area (Å²) in [5.74, 6) is 1.98. The first-order chi connectivity index (χ1) is 15.1. The van der Waals surface area contributed by atoms with Crippen LogP contribution >= 0.6 is 0 Å². The van der Waals surface area contributed by atoms with Gasteiger partial charge in [-0.3, -0.25) is 4.79 Å². The number of oxazole rings is 1. The van der Waals surface area contributed by atoms with Crippen LogP contribution in [0.5, 0.6) is 11.5 Å². The molecule has 4 aromatic rings. The Morgan fingerprint density at radius 2 is 1.94 bits per heavy atom. The third kappa shape index (κ3) is 3.72. The Bertz CT molecular complexity index is 1280. The highest BCUT2D eigenvalue weighted by Crippen LogP contribution is 2.33. The highest BCUT2D eigenvalue weighted by Gasteiger charge is 2.17. The molecule has 0 unspecified atom stereocenters. The molecule has 0 saturated heterocycles. The van der Waals surface area contributed by atoms with Crippen molar-refractivity contribution < 1.29 is 18.7 Å². The summed E-state index contributed by atoms with van der Waals surface area (Å²) in [6.45, 7) is 4.55. The van der Waals surface area contributed by atoms with E-state index in [1.54, 1.807) is 18.2 Å². The molecular formula is C25H22N2O4. The van der Waals surface area contributed by atoms with Gasteiger partial charge in [0.25, 0.3) is 5.91 Å². The van der Waals surface area contributed by atoms with Gasteiger partial charge in [-0.05, 0) is 66.4 Å². The van der Waals surface area contributed by atoms with E-state index >= 15 is 0 Å². The zero-order chi connectivity index (χ0) is 21.4. The summed E-state index contributed by atoms with van der Waals surface area (Å²) < 4.78 is 16.6. The summed E-state index contributed by atoms with van der Waals surface area (Å²) in [5.41, 5.74) is 4.78. The lowest BCUT2D eigenvalue weighted by Crippen LogP contribution is -2.11. The first-order valence-electron chi connectivity index (χ1n) is 10.3. The number of benzene rings is 3. The van der Waals surface area contributed by atoms with Gasteiger partial charge in [-0.25, -0.2) is 4.98 Å². The second-order valence-corrected chi connectivity index (χ2v) is 7.66. The van der Waals surface area contributed by atoms with Crippen molar-refractivity contribution in [2.45, 2.75) is 26.2 Å². The van der Waals surface area contributed by atoms with Crippen molar-refractivity contribution in [3.05, 3.63) is 71.8 Å². The first kappa shape index (κ1) is 19.2. The van der Waals surface area contributed by atoms with Crippen molar-refractivity contribution in [2.75, 3.05) is 12.1 Å². The Balaban J connectivity index is 1.39. The number of carbonyl (C=O) groups is 1. The maximum atomic E-state index is 12.7. The van der Waals surface area contributed by atoms with Gasteiger partial charge in [0, 0.05) is 16.8 Å². The van der Waals surface area contributed by atoms with Crippen LogP contribution in [0.15, 0.2) is 65.1 Å². The molecule has 0 radical (unpaired) electrons. The van der Waals surface area contributed by atoms with E-state index in [0.717, 1.165) is 23.1 Å². The van der Waals surface area contributed by atoms with Gasteiger partial charge in [0.15, 0.2) is 17.1 Å². The summed E-state index contributed by atoms with van der Waals surface area (Å²) in [6.07, 6.45) is 1.07. The molecule has 1 atom stereocenters. The van der Waals surface area contributed by atoms with E-state index in [1.807, 2.05) is 30.3 Å². The fourth-order valence-electron chi connectivity index (χ4n) is 3.58. The monoisotopic (exact) mass is 414 g/mol. The molecule has 5 rings (SSSR count). The molecule has 1 aliphatic rings. The Morgan fingerprint density at radius 1 is 1.06 bits per heavy atom. The summed E-state index contributed by atoms with van der Waals surface area (Å²) in [5, 5.41) is 2.92. The van der Waals surface area contributed by atoms with Gasteiger partial charge in [0.1, 0.15) is 5.52 Å².